The molecule has 36 heavy (non-hydrogen) atoms. The van der Waals surface area contributed by atoms with Gasteiger partial charge in [0.1, 0.15) is 5.60 Å². The highest BCUT2D eigenvalue weighted by molar-refractivity contribution is 7.92. The molecule has 0 fully saturated rings. The van der Waals surface area contributed by atoms with Crippen molar-refractivity contribution in [2.24, 2.45) is 0 Å². The minimum Gasteiger partial charge on any atom is -0.444 e. The molecule has 1 N–H and O–H groups in total. The lowest BCUT2D eigenvalue weighted by Gasteiger charge is -2.24. The molecular weight excluding hydrogens is 494 g/mol. The van der Waals surface area contributed by atoms with Crippen LogP contribution >= 0.6 is 0 Å². The number of rotatable bonds is 7. The maximum Gasteiger partial charge on any atom is 0.410 e. The van der Waals surface area contributed by atoms with Crippen LogP contribution in [0.1, 0.15) is 49.8 Å². The predicted molar refractivity (Wildman–Crippen MR) is 128 cm³/mol. The summed E-state index contributed by atoms with van der Waals surface area (Å²) >= 11 is 0. The van der Waals surface area contributed by atoms with E-state index in [4.69, 9.17) is 9.15 Å². The predicted octanol–water partition coefficient (Wildman–Crippen LogP) is 4.91. The highest BCUT2D eigenvalue weighted by Gasteiger charge is 2.28. The number of alkyl halides is 2. The highest BCUT2D eigenvalue weighted by atomic mass is 32.2. The molecule has 192 valence electrons. The first kappa shape index (κ1) is 25.5. The van der Waals surface area contributed by atoms with Crippen molar-refractivity contribution in [1.29, 1.82) is 0 Å². The Morgan fingerprint density at radius 1 is 1.11 bits per heavy atom. The van der Waals surface area contributed by atoms with Gasteiger partial charge in [-0.15, -0.1) is 10.2 Å². The number of ether oxygens (including phenoxy) is 1. The van der Waals surface area contributed by atoms with E-state index in [0.717, 1.165) is 16.7 Å². The molecule has 3 aromatic rings. The number of amides is 1. The zero-order valence-electron chi connectivity index (χ0n) is 20.0. The largest absolute Gasteiger partial charge is 0.444 e. The van der Waals surface area contributed by atoms with Gasteiger partial charge in [-0.05, 0) is 68.1 Å². The Balaban J connectivity index is 1.34. The smallest absolute Gasteiger partial charge is 0.410 e. The maximum atomic E-state index is 12.7. The molecule has 0 saturated carbocycles. The van der Waals surface area contributed by atoms with E-state index < -0.39 is 34.0 Å². The van der Waals surface area contributed by atoms with Crippen LogP contribution in [-0.2, 0) is 34.3 Å². The molecule has 1 aliphatic heterocycles. The van der Waals surface area contributed by atoms with Crippen LogP contribution in [0.2, 0.25) is 0 Å². The SMILES string of the molecule is CC(C)(C)OC(=O)N1Cc2ccc(NS(=O)(=O)CCc3ccc(-c4nnc(C(F)F)o4)cc3)cc2C1. The van der Waals surface area contributed by atoms with Crippen molar-refractivity contribution >= 4 is 21.8 Å². The molecule has 2 aromatic carbocycles. The lowest BCUT2D eigenvalue weighted by Crippen LogP contribution is -2.33. The van der Waals surface area contributed by atoms with Gasteiger partial charge in [-0.2, -0.15) is 8.78 Å². The number of carbonyl (C=O) groups excluding carboxylic acids is 1. The van der Waals surface area contributed by atoms with E-state index in [1.165, 1.54) is 0 Å². The third-order valence-electron chi connectivity index (χ3n) is 5.34. The molecule has 4 rings (SSSR count). The third-order valence-corrected chi connectivity index (χ3v) is 6.63. The van der Waals surface area contributed by atoms with Crippen LogP contribution in [0.5, 0.6) is 0 Å². The number of nitrogens with one attached hydrogen (secondary N) is 1. The number of aromatic nitrogens is 2. The molecule has 0 radical (unpaired) electrons. The summed E-state index contributed by atoms with van der Waals surface area (Å²) in [7, 11) is -3.65. The number of benzene rings is 2. The van der Waals surface area contributed by atoms with Gasteiger partial charge < -0.3 is 9.15 Å². The minimum atomic E-state index is -3.65. The highest BCUT2D eigenvalue weighted by Crippen LogP contribution is 2.28. The van der Waals surface area contributed by atoms with Gasteiger partial charge in [0.2, 0.25) is 15.9 Å². The number of hydrogen-bond donors (Lipinski definition) is 1. The van der Waals surface area contributed by atoms with E-state index in [-0.39, 0.29) is 18.1 Å². The average Bonchev–Trinajstić information content (AvgIpc) is 3.44. The van der Waals surface area contributed by atoms with Gasteiger partial charge in [0.05, 0.1) is 5.75 Å². The second-order valence-electron chi connectivity index (χ2n) is 9.43. The second-order valence-corrected chi connectivity index (χ2v) is 11.3. The van der Waals surface area contributed by atoms with Crippen molar-refractivity contribution in [2.45, 2.75) is 52.3 Å². The molecule has 0 unspecified atom stereocenters. The van der Waals surface area contributed by atoms with Crippen LogP contribution in [0.25, 0.3) is 11.5 Å². The van der Waals surface area contributed by atoms with Crippen LogP contribution in [0, 0.1) is 0 Å². The quantitative estimate of drug-likeness (QED) is 0.471. The number of fused-ring (bicyclic) bond motifs is 1. The number of hydrogen-bond acceptors (Lipinski definition) is 7. The first-order valence-corrected chi connectivity index (χ1v) is 12.8. The van der Waals surface area contributed by atoms with Gasteiger partial charge in [-0.3, -0.25) is 9.62 Å². The molecule has 1 aromatic heterocycles. The van der Waals surface area contributed by atoms with Crippen LogP contribution in [0.3, 0.4) is 0 Å². The summed E-state index contributed by atoms with van der Waals surface area (Å²) in [5.41, 5.74) is 2.80. The summed E-state index contributed by atoms with van der Waals surface area (Å²) in [5.74, 6) is -0.952. The summed E-state index contributed by atoms with van der Waals surface area (Å²) in [4.78, 5) is 13.9. The number of halogens is 2. The van der Waals surface area contributed by atoms with Gasteiger partial charge in [-0.25, -0.2) is 13.2 Å². The van der Waals surface area contributed by atoms with Crippen molar-refractivity contribution < 1.29 is 31.1 Å². The lowest BCUT2D eigenvalue weighted by atomic mass is 10.1. The second kappa shape index (κ2) is 9.84. The van der Waals surface area contributed by atoms with Crippen LogP contribution in [0.4, 0.5) is 19.3 Å². The Kier molecular flexibility index (Phi) is 6.98. The van der Waals surface area contributed by atoms with Gasteiger partial charge in [0.25, 0.3) is 5.89 Å². The molecule has 9 nitrogen and oxygen atoms in total. The van der Waals surface area contributed by atoms with Crippen LogP contribution in [-0.4, -0.2) is 41.0 Å². The first-order valence-electron chi connectivity index (χ1n) is 11.2. The number of aryl methyl sites for hydroxylation is 1. The molecule has 0 saturated heterocycles. The van der Waals surface area contributed by atoms with Crippen molar-refractivity contribution in [1.82, 2.24) is 15.1 Å². The number of sulfonamides is 1. The fraction of sp³-hybridized carbons (Fsp3) is 0.375. The van der Waals surface area contributed by atoms with Crippen molar-refractivity contribution in [3.63, 3.8) is 0 Å². The Morgan fingerprint density at radius 2 is 1.81 bits per heavy atom. The maximum absolute atomic E-state index is 12.7. The van der Waals surface area contributed by atoms with E-state index in [1.807, 2.05) is 0 Å². The zero-order chi connectivity index (χ0) is 26.1. The summed E-state index contributed by atoms with van der Waals surface area (Å²) in [6.07, 6.45) is -3.03. The minimum absolute atomic E-state index is 0.0343. The fourth-order valence-electron chi connectivity index (χ4n) is 3.65. The molecule has 1 aliphatic rings. The Hall–Kier alpha value is -3.54. The van der Waals surface area contributed by atoms with E-state index >= 15 is 0 Å². The topological polar surface area (TPSA) is 115 Å². The van der Waals surface area contributed by atoms with Gasteiger partial charge >= 0.3 is 12.5 Å². The molecule has 12 heteroatoms. The standard InChI is InChI=1S/C24H26F2N4O5S/c1-24(2,3)35-23(31)30-13-17-8-9-19(12-18(17)14-30)29-36(32,33)11-10-15-4-6-16(7-5-15)21-27-28-22(34-21)20(25)26/h4-9,12,20,29H,10-11,13-14H2,1-3H3. The molecule has 0 atom stereocenters. The molecule has 0 spiro atoms. The number of nitrogens with zero attached hydrogens (tertiary/aromatic N) is 3. The number of anilines is 1. The summed E-state index contributed by atoms with van der Waals surface area (Å²) in [6.45, 7) is 6.14. The Bertz CT molecular complexity index is 1350. The zero-order valence-corrected chi connectivity index (χ0v) is 20.8. The van der Waals surface area contributed by atoms with Crippen LogP contribution in [0.15, 0.2) is 46.9 Å². The van der Waals surface area contributed by atoms with E-state index in [1.54, 1.807) is 68.1 Å². The summed E-state index contributed by atoms with van der Waals surface area (Å²) < 4.78 is 63.5. The van der Waals surface area contributed by atoms with E-state index in [9.17, 15) is 22.0 Å². The molecule has 2 heterocycles. The first-order chi connectivity index (χ1) is 16.9. The monoisotopic (exact) mass is 520 g/mol. The fourth-order valence-corrected chi connectivity index (χ4v) is 4.74. The summed E-state index contributed by atoms with van der Waals surface area (Å²) in [5, 5.41) is 6.88. The van der Waals surface area contributed by atoms with Gasteiger partial charge in [0, 0.05) is 24.3 Å². The third kappa shape index (κ3) is 6.36. The molecule has 1 amide bonds. The van der Waals surface area contributed by atoms with Gasteiger partial charge in [0.15, 0.2) is 0 Å². The van der Waals surface area contributed by atoms with Crippen LogP contribution < -0.4 is 4.72 Å². The molecule has 0 aliphatic carbocycles. The van der Waals surface area contributed by atoms with Crippen molar-refractivity contribution in [3.05, 3.63) is 65.0 Å². The molecular formula is C24H26F2N4O5S. The summed E-state index contributed by atoms with van der Waals surface area (Å²) in [6, 6.07) is 11.8. The Labute approximate surface area is 207 Å². The average molecular weight is 521 g/mol. The van der Waals surface area contributed by atoms with Crippen molar-refractivity contribution in [3.8, 4) is 11.5 Å². The number of carbonyl (C=O) groups is 1. The van der Waals surface area contributed by atoms with E-state index in [0.29, 0.717) is 24.3 Å². The normalized spacial score (nSPS) is 13.7. The Morgan fingerprint density at radius 3 is 2.44 bits per heavy atom. The lowest BCUT2D eigenvalue weighted by molar-refractivity contribution is 0.0241. The van der Waals surface area contributed by atoms with E-state index in [2.05, 4.69) is 14.9 Å². The molecule has 0 bridgehead atoms. The van der Waals surface area contributed by atoms with Gasteiger partial charge in [-0.1, -0.05) is 18.2 Å². The van der Waals surface area contributed by atoms with Crippen molar-refractivity contribution in [2.75, 3.05) is 10.5 Å².